The lowest BCUT2D eigenvalue weighted by molar-refractivity contribution is -0.139. The van der Waals surface area contributed by atoms with Crippen molar-refractivity contribution in [2.45, 2.75) is 6.92 Å². The minimum atomic E-state index is -0.533. The van der Waals surface area contributed by atoms with Crippen LogP contribution in [0.25, 0.3) is 0 Å². The summed E-state index contributed by atoms with van der Waals surface area (Å²) in [6.07, 6.45) is 0.462. The summed E-state index contributed by atoms with van der Waals surface area (Å²) in [5.41, 5.74) is 0. The molecule has 0 fully saturated rings. The summed E-state index contributed by atoms with van der Waals surface area (Å²) in [5.74, 6) is -0.126. The van der Waals surface area contributed by atoms with Gasteiger partial charge in [0.2, 0.25) is 0 Å². The third-order valence-electron chi connectivity index (χ3n) is 1.32. The van der Waals surface area contributed by atoms with Crippen molar-refractivity contribution in [3.63, 3.8) is 0 Å². The van der Waals surface area contributed by atoms with Crippen molar-refractivity contribution in [1.29, 1.82) is 0 Å². The zero-order valence-corrected chi connectivity index (χ0v) is 10.5. The zero-order valence-electron chi connectivity index (χ0n) is 7.20. The highest BCUT2D eigenvalue weighted by Crippen LogP contribution is 2.44. The molecule has 0 saturated carbocycles. The largest absolute Gasteiger partial charge is 0.466 e. The van der Waals surface area contributed by atoms with Crippen LogP contribution in [0.1, 0.15) is 6.92 Å². The Morgan fingerprint density at radius 2 is 2.54 bits per heavy atom. The van der Waals surface area contributed by atoms with Crippen LogP contribution in [0, 0.1) is 0 Å². The quantitative estimate of drug-likeness (QED) is 0.626. The fourth-order valence-corrected chi connectivity index (χ4v) is 4.54. The molecule has 5 heteroatoms. The summed E-state index contributed by atoms with van der Waals surface area (Å²) >= 11 is 5.18. The molecule has 1 aromatic rings. The van der Waals surface area contributed by atoms with Gasteiger partial charge in [-0.2, -0.15) is 0 Å². The van der Waals surface area contributed by atoms with Crippen molar-refractivity contribution in [3.05, 3.63) is 17.5 Å². The van der Waals surface area contributed by atoms with Gasteiger partial charge in [-0.25, -0.2) is 0 Å². The second kappa shape index (κ2) is 5.74. The smallest absolute Gasteiger partial charge is 0.311 e. The van der Waals surface area contributed by atoms with E-state index in [-0.39, 0.29) is 5.97 Å². The van der Waals surface area contributed by atoms with Gasteiger partial charge in [0.1, 0.15) is 0 Å². The summed E-state index contributed by atoms with van der Waals surface area (Å²) in [5, 5.41) is 2.01. The summed E-state index contributed by atoms with van der Waals surface area (Å²) in [6, 6.07) is 4.02. The molecule has 0 aliphatic carbocycles. The van der Waals surface area contributed by atoms with Crippen molar-refractivity contribution in [1.82, 2.24) is 0 Å². The number of carbonyl (C=O) groups is 1. The predicted molar refractivity (Wildman–Crippen MR) is 61.3 cm³/mol. The zero-order chi connectivity index (χ0) is 9.68. The van der Waals surface area contributed by atoms with E-state index in [0.717, 1.165) is 0 Å². The lowest BCUT2D eigenvalue weighted by atomic mass is 10.7. The van der Waals surface area contributed by atoms with Crippen molar-refractivity contribution in [2.75, 3.05) is 12.8 Å². The number of hydrogen-bond acceptors (Lipinski definition) is 3. The highest BCUT2D eigenvalue weighted by atomic mass is 79.9. The van der Waals surface area contributed by atoms with E-state index in [2.05, 4.69) is 15.5 Å². The first-order valence-electron chi connectivity index (χ1n) is 3.86. The van der Waals surface area contributed by atoms with Gasteiger partial charge in [0, 0.05) is 11.2 Å². The summed E-state index contributed by atoms with van der Waals surface area (Å²) < 4.78 is 6.09. The van der Waals surface area contributed by atoms with Crippen LogP contribution in [0.5, 0.6) is 0 Å². The first kappa shape index (κ1) is 11.2. The number of thiophene rings is 1. The summed E-state index contributed by atoms with van der Waals surface area (Å²) in [7, 11) is 0. The van der Waals surface area contributed by atoms with Gasteiger partial charge in [0.15, 0.2) is 0 Å². The van der Waals surface area contributed by atoms with E-state index in [1.165, 1.54) is 4.62 Å². The number of ether oxygens (including phenoxy) is 1. The Morgan fingerprint density at radius 1 is 1.77 bits per heavy atom. The molecule has 0 saturated heterocycles. The van der Waals surface area contributed by atoms with E-state index in [1.807, 2.05) is 24.4 Å². The molecule has 0 aliphatic rings. The second-order valence-corrected chi connectivity index (χ2v) is 7.62. The van der Waals surface area contributed by atoms with Gasteiger partial charge in [-0.3, -0.25) is 4.79 Å². The lowest BCUT2D eigenvalue weighted by Gasteiger charge is -2.06. The molecule has 1 atom stereocenters. The van der Waals surface area contributed by atoms with Crippen molar-refractivity contribution < 1.29 is 9.53 Å². The summed E-state index contributed by atoms with van der Waals surface area (Å²) in [6.45, 7) is 1.74. The van der Waals surface area contributed by atoms with Crippen molar-refractivity contribution >= 4 is 44.0 Å². The van der Waals surface area contributed by atoms with Crippen LogP contribution in [0.15, 0.2) is 17.5 Å². The minimum Gasteiger partial charge on any atom is -0.466 e. The molecule has 0 bridgehead atoms. The molecule has 0 spiro atoms. The fourth-order valence-electron chi connectivity index (χ4n) is 0.806. The molecule has 0 radical (unpaired) electrons. The van der Waals surface area contributed by atoms with Crippen LogP contribution >= 0.6 is 33.4 Å². The van der Waals surface area contributed by atoms with E-state index in [0.29, 0.717) is 12.8 Å². The Kier molecular flexibility index (Phi) is 4.92. The molecule has 72 valence electrons. The van der Waals surface area contributed by atoms with Gasteiger partial charge in [0.25, 0.3) is 0 Å². The summed E-state index contributed by atoms with van der Waals surface area (Å²) in [4.78, 5) is 11.1. The van der Waals surface area contributed by atoms with Crippen LogP contribution in [0.4, 0.5) is 0 Å². The molecule has 2 nitrogen and oxygen atoms in total. The van der Waals surface area contributed by atoms with Gasteiger partial charge < -0.3 is 4.74 Å². The van der Waals surface area contributed by atoms with Gasteiger partial charge in [-0.15, -0.1) is 11.3 Å². The normalized spacial score (nSPS) is 12.5. The molecule has 1 aromatic heterocycles. The molecule has 1 heterocycles. The molecule has 0 aliphatic heterocycles. The average molecular weight is 281 g/mol. The highest BCUT2D eigenvalue weighted by Gasteiger charge is 2.13. The Balaban J connectivity index is 2.42. The molecule has 0 aromatic carbocycles. The molecule has 1 rings (SSSR count). The highest BCUT2D eigenvalue weighted by molar-refractivity contribution is 9.40. The number of halogens is 1. The van der Waals surface area contributed by atoms with Crippen LogP contribution in [0.3, 0.4) is 0 Å². The maximum Gasteiger partial charge on any atom is 0.311 e. The lowest BCUT2D eigenvalue weighted by Crippen LogP contribution is -2.09. The van der Waals surface area contributed by atoms with E-state index in [4.69, 9.17) is 4.74 Å². The number of esters is 1. The Labute approximate surface area is 90.8 Å². The molecule has 13 heavy (non-hydrogen) atoms. The molecular formula is C8H10BrO2PS. The first-order valence-corrected chi connectivity index (χ1v) is 8.29. The predicted octanol–water partition coefficient (Wildman–Crippen LogP) is 2.73. The van der Waals surface area contributed by atoms with E-state index in [1.54, 1.807) is 11.3 Å². The van der Waals surface area contributed by atoms with Crippen molar-refractivity contribution in [2.24, 2.45) is 0 Å². The van der Waals surface area contributed by atoms with Gasteiger partial charge >= 0.3 is 5.97 Å². The maximum atomic E-state index is 11.1. The average Bonchev–Trinajstić information content (AvgIpc) is 2.55. The van der Waals surface area contributed by atoms with E-state index >= 15 is 0 Å². The van der Waals surface area contributed by atoms with Crippen LogP contribution in [0.2, 0.25) is 0 Å². The Morgan fingerprint density at radius 3 is 3.08 bits per heavy atom. The topological polar surface area (TPSA) is 26.3 Å². The Bertz CT molecular complexity index is 263. The molecule has 0 amide bonds. The van der Waals surface area contributed by atoms with Crippen LogP contribution in [-0.2, 0) is 9.53 Å². The van der Waals surface area contributed by atoms with Gasteiger partial charge in [0.05, 0.1) is 12.8 Å². The Hall–Kier alpha value is 0.0800. The maximum absolute atomic E-state index is 11.1. The van der Waals surface area contributed by atoms with Crippen LogP contribution in [-0.4, -0.2) is 18.7 Å². The first-order chi connectivity index (χ1) is 6.24. The second-order valence-electron chi connectivity index (χ2n) is 2.28. The third-order valence-corrected chi connectivity index (χ3v) is 6.73. The molecule has 1 unspecified atom stereocenters. The number of carbonyl (C=O) groups excluding carboxylic acids is 1. The monoisotopic (exact) mass is 280 g/mol. The third kappa shape index (κ3) is 3.75. The van der Waals surface area contributed by atoms with Gasteiger partial charge in [-0.05, 0) is 18.4 Å². The van der Waals surface area contributed by atoms with E-state index < -0.39 is 6.62 Å². The number of rotatable bonds is 4. The van der Waals surface area contributed by atoms with Gasteiger partial charge in [-0.1, -0.05) is 21.6 Å². The standard InChI is InChI=1S/C8H10BrO2PS/c1-2-11-7(10)6-12(9)8-4-3-5-13-8/h3-5H,2,6H2,1H3. The fraction of sp³-hybridized carbons (Fsp3) is 0.375. The van der Waals surface area contributed by atoms with E-state index in [9.17, 15) is 4.79 Å². The minimum absolute atomic E-state index is 0.126. The SMILES string of the molecule is CCOC(=O)CP(Br)c1cccs1. The molecular weight excluding hydrogens is 271 g/mol. The molecule has 0 N–H and O–H groups in total. The van der Waals surface area contributed by atoms with Crippen molar-refractivity contribution in [3.8, 4) is 0 Å². The number of hydrogen-bond donors (Lipinski definition) is 0. The van der Waals surface area contributed by atoms with Crippen LogP contribution < -0.4 is 4.62 Å².